The summed E-state index contributed by atoms with van der Waals surface area (Å²) in [6, 6.07) is 7.98. The van der Waals surface area contributed by atoms with Crippen LogP contribution in [-0.4, -0.2) is 26.3 Å². The van der Waals surface area contributed by atoms with E-state index in [0.29, 0.717) is 0 Å². The number of hydrogen-bond acceptors (Lipinski definition) is 3. The molecule has 0 aliphatic heterocycles. The van der Waals surface area contributed by atoms with Gasteiger partial charge in [0.05, 0.1) is 17.2 Å². The van der Waals surface area contributed by atoms with Crippen molar-refractivity contribution in [3.05, 3.63) is 42.2 Å². The lowest BCUT2D eigenvalue weighted by Gasteiger charge is -1.98. The summed E-state index contributed by atoms with van der Waals surface area (Å²) in [4.78, 5) is 7.78. The quantitative estimate of drug-likeness (QED) is 0.687. The second kappa shape index (κ2) is 5.24. The van der Waals surface area contributed by atoms with Crippen LogP contribution in [0.25, 0.3) is 17.0 Å². The summed E-state index contributed by atoms with van der Waals surface area (Å²) in [7, 11) is 0. The van der Waals surface area contributed by atoms with E-state index in [0.717, 1.165) is 42.1 Å². The highest BCUT2D eigenvalue weighted by atomic mass is 15.3. The lowest BCUT2D eigenvalue weighted by atomic mass is 10.3. The van der Waals surface area contributed by atoms with Gasteiger partial charge in [0.25, 0.3) is 0 Å². The zero-order valence-corrected chi connectivity index (χ0v) is 10.9. The average molecular weight is 255 g/mol. The fourth-order valence-corrected chi connectivity index (χ4v) is 2.02. The summed E-state index contributed by atoms with van der Waals surface area (Å²) < 4.78 is 1.78. The molecule has 0 saturated carbocycles. The topological polar surface area (TPSA) is 58.5 Å². The molecule has 2 N–H and O–H groups in total. The molecule has 2 aromatic heterocycles. The number of fused-ring (bicyclic) bond motifs is 1. The van der Waals surface area contributed by atoms with Crippen molar-refractivity contribution < 1.29 is 0 Å². The maximum Gasteiger partial charge on any atom is 0.229 e. The minimum absolute atomic E-state index is 0.753. The van der Waals surface area contributed by atoms with Crippen LogP contribution in [0.3, 0.4) is 0 Å². The maximum atomic E-state index is 4.52. The van der Waals surface area contributed by atoms with E-state index in [2.05, 4.69) is 27.3 Å². The monoisotopic (exact) mass is 255 g/mol. The van der Waals surface area contributed by atoms with Crippen molar-refractivity contribution in [2.45, 2.75) is 19.9 Å². The van der Waals surface area contributed by atoms with Gasteiger partial charge in [0.1, 0.15) is 0 Å². The number of aromatic nitrogens is 4. The van der Waals surface area contributed by atoms with Gasteiger partial charge in [-0.2, -0.15) is 5.10 Å². The van der Waals surface area contributed by atoms with Crippen molar-refractivity contribution in [2.75, 3.05) is 6.54 Å². The third-order valence-corrected chi connectivity index (χ3v) is 2.99. The predicted octanol–water partition coefficient (Wildman–Crippen LogP) is 2.25. The van der Waals surface area contributed by atoms with Crippen LogP contribution in [0.4, 0.5) is 0 Å². The molecule has 0 radical (unpaired) electrons. The Hall–Kier alpha value is -2.14. The van der Waals surface area contributed by atoms with E-state index in [1.807, 2.05) is 36.7 Å². The molecular weight excluding hydrogens is 238 g/mol. The van der Waals surface area contributed by atoms with Gasteiger partial charge in [0, 0.05) is 18.3 Å². The lowest BCUT2D eigenvalue weighted by molar-refractivity contribution is 0.675. The summed E-state index contributed by atoms with van der Waals surface area (Å²) in [6.45, 7) is 4.02. The number of rotatable bonds is 5. The number of nitrogens with one attached hydrogen (secondary N) is 2. The number of benzene rings is 1. The van der Waals surface area contributed by atoms with Gasteiger partial charge in [-0.25, -0.2) is 9.67 Å². The first-order chi connectivity index (χ1) is 9.36. The normalized spacial score (nSPS) is 11.2. The summed E-state index contributed by atoms with van der Waals surface area (Å²) in [6.07, 6.45) is 5.01. The Kier molecular flexibility index (Phi) is 3.29. The zero-order chi connectivity index (χ0) is 13.1. The van der Waals surface area contributed by atoms with Crippen molar-refractivity contribution in [3.63, 3.8) is 0 Å². The van der Waals surface area contributed by atoms with Crippen molar-refractivity contribution in [1.29, 1.82) is 0 Å². The van der Waals surface area contributed by atoms with Crippen LogP contribution >= 0.6 is 0 Å². The largest absolute Gasteiger partial charge is 0.322 e. The fraction of sp³-hybridized carbons (Fsp3) is 0.286. The van der Waals surface area contributed by atoms with Crippen molar-refractivity contribution in [3.8, 4) is 5.95 Å². The molecule has 2 heterocycles. The molecule has 1 aromatic carbocycles. The average Bonchev–Trinajstić information content (AvgIpc) is 3.04. The van der Waals surface area contributed by atoms with Crippen molar-refractivity contribution in [1.82, 2.24) is 25.1 Å². The molecule has 0 unspecified atom stereocenters. The number of H-pyrrole nitrogens is 1. The van der Waals surface area contributed by atoms with E-state index in [1.165, 1.54) is 0 Å². The number of hydrogen-bond donors (Lipinski definition) is 2. The molecule has 0 aliphatic rings. The fourth-order valence-electron chi connectivity index (χ4n) is 2.02. The molecule has 0 fully saturated rings. The first-order valence-electron chi connectivity index (χ1n) is 6.56. The number of nitrogens with zero attached hydrogens (tertiary/aromatic N) is 3. The molecule has 0 atom stereocenters. The van der Waals surface area contributed by atoms with Gasteiger partial charge < -0.3 is 10.3 Å². The van der Waals surface area contributed by atoms with Crippen LogP contribution < -0.4 is 5.32 Å². The van der Waals surface area contributed by atoms with Crippen LogP contribution in [0, 0.1) is 0 Å². The Morgan fingerprint density at radius 2 is 2.21 bits per heavy atom. The Balaban J connectivity index is 1.81. The first-order valence-corrected chi connectivity index (χ1v) is 6.56. The van der Waals surface area contributed by atoms with Gasteiger partial charge in [0.2, 0.25) is 5.95 Å². The second-order valence-electron chi connectivity index (χ2n) is 4.55. The van der Waals surface area contributed by atoms with Crippen LogP contribution in [0.1, 0.15) is 18.9 Å². The Morgan fingerprint density at radius 1 is 1.32 bits per heavy atom. The van der Waals surface area contributed by atoms with Crippen LogP contribution in [0.5, 0.6) is 0 Å². The highest BCUT2D eigenvalue weighted by Crippen LogP contribution is 2.13. The molecule has 0 aliphatic carbocycles. The zero-order valence-electron chi connectivity index (χ0n) is 10.9. The van der Waals surface area contributed by atoms with Crippen LogP contribution in [0.15, 0.2) is 36.7 Å². The molecular formula is C14H17N5. The third kappa shape index (κ3) is 2.51. The van der Waals surface area contributed by atoms with Gasteiger partial charge in [0.15, 0.2) is 0 Å². The van der Waals surface area contributed by atoms with E-state index in [4.69, 9.17) is 0 Å². The van der Waals surface area contributed by atoms with E-state index in [1.54, 1.807) is 4.68 Å². The van der Waals surface area contributed by atoms with E-state index in [9.17, 15) is 0 Å². The highest BCUT2D eigenvalue weighted by Gasteiger charge is 2.05. The Bertz CT molecular complexity index is 634. The lowest BCUT2D eigenvalue weighted by Crippen LogP contribution is -2.13. The van der Waals surface area contributed by atoms with Gasteiger partial charge in [-0.3, -0.25) is 0 Å². The number of aromatic amines is 1. The summed E-state index contributed by atoms with van der Waals surface area (Å²) in [5, 5.41) is 7.70. The van der Waals surface area contributed by atoms with Crippen LogP contribution in [-0.2, 0) is 6.54 Å². The second-order valence-corrected chi connectivity index (χ2v) is 4.55. The van der Waals surface area contributed by atoms with E-state index in [-0.39, 0.29) is 0 Å². The van der Waals surface area contributed by atoms with Crippen molar-refractivity contribution >= 4 is 11.0 Å². The van der Waals surface area contributed by atoms with Crippen molar-refractivity contribution in [2.24, 2.45) is 0 Å². The Morgan fingerprint density at radius 3 is 3.05 bits per heavy atom. The van der Waals surface area contributed by atoms with Crippen LogP contribution in [0.2, 0.25) is 0 Å². The molecule has 0 amide bonds. The summed E-state index contributed by atoms with van der Waals surface area (Å²) in [5.74, 6) is 0.753. The smallest absolute Gasteiger partial charge is 0.229 e. The molecule has 98 valence electrons. The minimum Gasteiger partial charge on any atom is -0.322 e. The van der Waals surface area contributed by atoms with Gasteiger partial charge in [-0.05, 0) is 25.1 Å². The highest BCUT2D eigenvalue weighted by molar-refractivity contribution is 5.75. The first kappa shape index (κ1) is 11.9. The molecule has 19 heavy (non-hydrogen) atoms. The number of para-hydroxylation sites is 2. The molecule has 3 rings (SSSR count). The van der Waals surface area contributed by atoms with E-state index < -0.39 is 0 Å². The standard InChI is InChI=1S/C14H17N5/c1-2-7-15-8-11-9-16-19(10-11)14-17-12-5-3-4-6-13(12)18-14/h3-6,9-10,15H,2,7-8H2,1H3,(H,17,18). The van der Waals surface area contributed by atoms with E-state index >= 15 is 0 Å². The third-order valence-electron chi connectivity index (χ3n) is 2.99. The molecule has 5 nitrogen and oxygen atoms in total. The van der Waals surface area contributed by atoms with Gasteiger partial charge in [-0.1, -0.05) is 19.1 Å². The van der Waals surface area contributed by atoms with Gasteiger partial charge >= 0.3 is 0 Å². The SMILES string of the molecule is CCCNCc1cnn(-c2nc3ccccc3[nH]2)c1. The minimum atomic E-state index is 0.753. The predicted molar refractivity (Wildman–Crippen MR) is 75.2 cm³/mol. The molecule has 3 aromatic rings. The van der Waals surface area contributed by atoms with Gasteiger partial charge in [-0.15, -0.1) is 0 Å². The number of imidazole rings is 1. The molecule has 0 spiro atoms. The molecule has 5 heteroatoms. The molecule has 0 saturated heterocycles. The maximum absolute atomic E-state index is 4.52. The summed E-state index contributed by atoms with van der Waals surface area (Å²) in [5.41, 5.74) is 3.14. The summed E-state index contributed by atoms with van der Waals surface area (Å²) >= 11 is 0. The Labute approximate surface area is 111 Å². The molecule has 0 bridgehead atoms.